The van der Waals surface area contributed by atoms with Gasteiger partial charge in [0.05, 0.1) is 10.6 Å². The Morgan fingerprint density at radius 3 is 3.00 bits per heavy atom. The number of carbonyl (C=O) groups is 1. The van der Waals surface area contributed by atoms with Gasteiger partial charge in [0.15, 0.2) is 0 Å². The molecule has 2 nitrogen and oxygen atoms in total. The van der Waals surface area contributed by atoms with Crippen LogP contribution < -0.4 is 5.73 Å². The molecular formula is C7H7NOS. The maximum atomic E-state index is 9.96. The molecule has 1 aromatic rings. The van der Waals surface area contributed by atoms with E-state index in [9.17, 15) is 4.79 Å². The molecule has 0 bridgehead atoms. The van der Waals surface area contributed by atoms with Crippen molar-refractivity contribution in [2.45, 2.75) is 0 Å². The summed E-state index contributed by atoms with van der Waals surface area (Å²) in [6.45, 7) is 0. The van der Waals surface area contributed by atoms with Gasteiger partial charge in [-0.05, 0) is 11.4 Å². The van der Waals surface area contributed by atoms with Gasteiger partial charge in [-0.25, -0.2) is 0 Å². The van der Waals surface area contributed by atoms with Crippen molar-refractivity contribution in [2.24, 2.45) is 5.73 Å². The summed E-state index contributed by atoms with van der Waals surface area (Å²) < 4.78 is 0. The third kappa shape index (κ3) is 1.45. The number of hydrogen-bond donors (Lipinski definition) is 1. The molecule has 1 rings (SSSR count). The number of carbonyl (C=O) groups excluding carboxylic acids is 1. The highest BCUT2D eigenvalue weighted by Crippen LogP contribution is 2.14. The van der Waals surface area contributed by atoms with Crippen LogP contribution in [0.25, 0.3) is 5.70 Å². The average Bonchev–Trinajstić information content (AvgIpc) is 2.38. The van der Waals surface area contributed by atoms with Crippen LogP contribution in [0.1, 0.15) is 4.88 Å². The average molecular weight is 153 g/mol. The van der Waals surface area contributed by atoms with Crippen molar-refractivity contribution in [2.75, 3.05) is 0 Å². The Kier molecular flexibility index (Phi) is 2.23. The minimum atomic E-state index is 0.532. The summed E-state index contributed by atoms with van der Waals surface area (Å²) in [4.78, 5) is 10.9. The van der Waals surface area contributed by atoms with Crippen LogP contribution in [0.5, 0.6) is 0 Å². The molecule has 0 spiro atoms. The zero-order valence-corrected chi connectivity index (χ0v) is 6.10. The fourth-order valence-electron chi connectivity index (χ4n) is 0.598. The quantitative estimate of drug-likeness (QED) is 0.513. The highest BCUT2D eigenvalue weighted by Gasteiger charge is 1.93. The van der Waals surface area contributed by atoms with E-state index in [-0.39, 0.29) is 0 Å². The molecule has 0 aliphatic heterocycles. The molecular weight excluding hydrogens is 146 g/mol. The van der Waals surface area contributed by atoms with E-state index in [1.807, 2.05) is 17.5 Å². The molecule has 0 atom stereocenters. The van der Waals surface area contributed by atoms with Crippen molar-refractivity contribution in [3.8, 4) is 0 Å². The molecule has 2 N–H and O–H groups in total. The van der Waals surface area contributed by atoms with Crippen LogP contribution in [-0.4, -0.2) is 6.29 Å². The molecule has 0 aliphatic rings. The first-order valence-corrected chi connectivity index (χ1v) is 3.67. The van der Waals surface area contributed by atoms with E-state index in [0.717, 1.165) is 4.88 Å². The Morgan fingerprint density at radius 2 is 2.50 bits per heavy atom. The number of rotatable bonds is 2. The second-order valence-electron chi connectivity index (χ2n) is 1.74. The van der Waals surface area contributed by atoms with Gasteiger partial charge >= 0.3 is 0 Å². The van der Waals surface area contributed by atoms with Crippen LogP contribution in [-0.2, 0) is 4.79 Å². The van der Waals surface area contributed by atoms with Crippen LogP contribution >= 0.6 is 11.3 Å². The van der Waals surface area contributed by atoms with Crippen LogP contribution in [0.4, 0.5) is 0 Å². The molecule has 0 unspecified atom stereocenters. The zero-order valence-electron chi connectivity index (χ0n) is 5.28. The highest BCUT2D eigenvalue weighted by molar-refractivity contribution is 7.11. The number of aldehydes is 1. The topological polar surface area (TPSA) is 43.1 Å². The second-order valence-corrected chi connectivity index (χ2v) is 2.68. The first-order chi connectivity index (χ1) is 4.84. The zero-order chi connectivity index (χ0) is 7.40. The number of hydrogen-bond acceptors (Lipinski definition) is 3. The summed E-state index contributed by atoms with van der Waals surface area (Å²) in [5.74, 6) is 0. The summed E-state index contributed by atoms with van der Waals surface area (Å²) in [7, 11) is 0. The SMILES string of the molecule is N/C(=C/C=O)c1cccs1. The van der Waals surface area contributed by atoms with Crippen molar-refractivity contribution in [1.82, 2.24) is 0 Å². The molecule has 3 heteroatoms. The number of thiophene rings is 1. The van der Waals surface area contributed by atoms with E-state index < -0.39 is 0 Å². The number of allylic oxidation sites excluding steroid dienone is 1. The predicted octanol–water partition coefficient (Wildman–Crippen LogP) is 1.25. The van der Waals surface area contributed by atoms with Crippen molar-refractivity contribution in [3.05, 3.63) is 28.5 Å². The van der Waals surface area contributed by atoms with E-state index in [0.29, 0.717) is 12.0 Å². The monoisotopic (exact) mass is 153 g/mol. The van der Waals surface area contributed by atoms with Gasteiger partial charge in [0.25, 0.3) is 0 Å². The van der Waals surface area contributed by atoms with Crippen molar-refractivity contribution >= 4 is 23.3 Å². The van der Waals surface area contributed by atoms with E-state index in [1.54, 1.807) is 0 Å². The fraction of sp³-hybridized carbons (Fsp3) is 0. The Morgan fingerprint density at radius 1 is 1.70 bits per heavy atom. The van der Waals surface area contributed by atoms with E-state index >= 15 is 0 Å². The normalized spacial score (nSPS) is 11.4. The molecule has 1 heterocycles. The van der Waals surface area contributed by atoms with Gasteiger partial charge in [-0.3, -0.25) is 4.79 Å². The smallest absolute Gasteiger partial charge is 0.144 e. The summed E-state index contributed by atoms with van der Waals surface area (Å²) in [6, 6.07) is 3.77. The largest absolute Gasteiger partial charge is 0.397 e. The van der Waals surface area contributed by atoms with Gasteiger partial charge < -0.3 is 5.73 Å². The summed E-state index contributed by atoms with van der Waals surface area (Å²) in [5, 5.41) is 1.92. The van der Waals surface area contributed by atoms with Crippen molar-refractivity contribution in [1.29, 1.82) is 0 Å². The van der Waals surface area contributed by atoms with Crippen LogP contribution in [0, 0.1) is 0 Å². The third-order valence-electron chi connectivity index (χ3n) is 1.05. The van der Waals surface area contributed by atoms with Crippen LogP contribution in [0.3, 0.4) is 0 Å². The molecule has 0 saturated heterocycles. The minimum absolute atomic E-state index is 0.532. The van der Waals surface area contributed by atoms with Crippen molar-refractivity contribution < 1.29 is 4.79 Å². The Bertz CT molecular complexity index is 238. The molecule has 10 heavy (non-hydrogen) atoms. The predicted molar refractivity (Wildman–Crippen MR) is 42.5 cm³/mol. The first-order valence-electron chi connectivity index (χ1n) is 2.79. The summed E-state index contributed by atoms with van der Waals surface area (Å²) >= 11 is 1.52. The van der Waals surface area contributed by atoms with Gasteiger partial charge in [-0.1, -0.05) is 6.07 Å². The van der Waals surface area contributed by atoms with Gasteiger partial charge in [0.1, 0.15) is 6.29 Å². The molecule has 52 valence electrons. The van der Waals surface area contributed by atoms with Crippen LogP contribution in [0.2, 0.25) is 0 Å². The number of nitrogens with two attached hydrogens (primary N) is 1. The van der Waals surface area contributed by atoms with Gasteiger partial charge in [0, 0.05) is 6.08 Å². The van der Waals surface area contributed by atoms with E-state index in [4.69, 9.17) is 5.73 Å². The Balaban J connectivity index is 2.86. The fourth-order valence-corrected chi connectivity index (χ4v) is 1.26. The van der Waals surface area contributed by atoms with Crippen molar-refractivity contribution in [3.63, 3.8) is 0 Å². The maximum Gasteiger partial charge on any atom is 0.144 e. The Hall–Kier alpha value is -1.09. The lowest BCUT2D eigenvalue weighted by atomic mass is 10.3. The minimum Gasteiger partial charge on any atom is -0.397 e. The molecule has 0 saturated carbocycles. The molecule has 0 aromatic carbocycles. The molecule has 1 aromatic heterocycles. The molecule has 0 radical (unpaired) electrons. The van der Waals surface area contributed by atoms with Crippen LogP contribution in [0.15, 0.2) is 23.6 Å². The second kappa shape index (κ2) is 3.17. The third-order valence-corrected chi connectivity index (χ3v) is 1.97. The standard InChI is InChI=1S/C7H7NOS/c8-6(3-4-9)7-2-1-5-10-7/h1-5H,8H2/b6-3+. The van der Waals surface area contributed by atoms with Gasteiger partial charge in [-0.15, -0.1) is 11.3 Å². The van der Waals surface area contributed by atoms with Gasteiger partial charge in [-0.2, -0.15) is 0 Å². The van der Waals surface area contributed by atoms with Gasteiger partial charge in [0.2, 0.25) is 0 Å². The lowest BCUT2D eigenvalue weighted by Gasteiger charge is -1.90. The molecule has 0 aliphatic carbocycles. The lowest BCUT2D eigenvalue weighted by molar-refractivity contribution is -0.104. The molecule has 0 fully saturated rings. The van der Waals surface area contributed by atoms with E-state index in [2.05, 4.69) is 0 Å². The van der Waals surface area contributed by atoms with E-state index in [1.165, 1.54) is 17.4 Å². The first kappa shape index (κ1) is 7.02. The summed E-state index contributed by atoms with van der Waals surface area (Å²) in [6.07, 6.45) is 2.04. The maximum absolute atomic E-state index is 9.96. The lowest BCUT2D eigenvalue weighted by Crippen LogP contribution is -1.92. The molecule has 0 amide bonds. The highest BCUT2D eigenvalue weighted by atomic mass is 32.1. The summed E-state index contributed by atoms with van der Waals surface area (Å²) in [5.41, 5.74) is 6.02. The Labute approximate surface area is 63.0 Å².